The van der Waals surface area contributed by atoms with Crippen LogP contribution >= 0.6 is 0 Å². The predicted molar refractivity (Wildman–Crippen MR) is 151 cm³/mol. The van der Waals surface area contributed by atoms with Crippen molar-refractivity contribution < 1.29 is 23.8 Å². The van der Waals surface area contributed by atoms with E-state index in [2.05, 4.69) is 5.10 Å². The molecular weight excluding hydrogens is 506 g/mol. The second kappa shape index (κ2) is 11.7. The van der Waals surface area contributed by atoms with Crippen molar-refractivity contribution in [3.05, 3.63) is 112 Å². The molecule has 40 heavy (non-hydrogen) atoms. The van der Waals surface area contributed by atoms with Crippen LogP contribution in [-0.2, 0) is 22.5 Å². The number of hydrogen-bond donors (Lipinski definition) is 0. The number of aromatic nitrogens is 2. The Hall–Kier alpha value is -4.59. The Morgan fingerprint density at radius 3 is 2.25 bits per heavy atom. The van der Waals surface area contributed by atoms with Gasteiger partial charge in [0.2, 0.25) is 0 Å². The first-order valence-corrected chi connectivity index (χ1v) is 13.3. The molecule has 2 heterocycles. The van der Waals surface area contributed by atoms with Crippen LogP contribution in [-0.4, -0.2) is 53.9 Å². The molecule has 0 aliphatic carbocycles. The first-order chi connectivity index (χ1) is 19.4. The molecule has 5 rings (SSSR count). The summed E-state index contributed by atoms with van der Waals surface area (Å²) in [4.78, 5) is 28.5. The van der Waals surface area contributed by atoms with Crippen LogP contribution in [0, 0.1) is 13.8 Å². The number of nitrogens with zero attached hydrogens (tertiary/aromatic N) is 3. The highest BCUT2D eigenvalue weighted by molar-refractivity contribution is 5.93. The molecule has 8 heteroatoms. The van der Waals surface area contributed by atoms with Gasteiger partial charge in [-0.05, 0) is 54.7 Å². The Labute approximate surface area is 234 Å². The molecule has 0 saturated carbocycles. The highest BCUT2D eigenvalue weighted by atomic mass is 16.5. The van der Waals surface area contributed by atoms with Crippen LogP contribution in [0.5, 0.6) is 11.5 Å². The van der Waals surface area contributed by atoms with E-state index in [1.165, 1.54) is 0 Å². The topological polar surface area (TPSA) is 82.9 Å². The number of benzene rings is 3. The van der Waals surface area contributed by atoms with Crippen molar-refractivity contribution in [2.75, 3.05) is 27.4 Å². The normalized spacial score (nSPS) is 14.4. The van der Waals surface area contributed by atoms with Crippen molar-refractivity contribution in [3.8, 4) is 11.5 Å². The minimum atomic E-state index is -0.553. The monoisotopic (exact) mass is 539 g/mol. The summed E-state index contributed by atoms with van der Waals surface area (Å²) in [6.07, 6.45) is 0.642. The van der Waals surface area contributed by atoms with Crippen molar-refractivity contribution >= 4 is 11.9 Å². The lowest BCUT2D eigenvalue weighted by atomic mass is 9.87. The number of amides is 1. The number of ether oxygens (including phenoxy) is 3. The second-order valence-corrected chi connectivity index (χ2v) is 9.82. The number of fused-ring (bicyclic) bond motifs is 1. The second-order valence-electron chi connectivity index (χ2n) is 9.82. The molecular formula is C32H33N3O5. The Morgan fingerprint density at radius 1 is 0.925 bits per heavy atom. The van der Waals surface area contributed by atoms with Crippen molar-refractivity contribution in [1.29, 1.82) is 0 Å². The SMILES string of the molecule is COc1cc2c(cc1OC)C(c1ccccc1)N(C(=O)COC(=O)c1c(C)nn(Cc3ccccc3)c1C)CC2. The Bertz CT molecular complexity index is 1510. The van der Waals surface area contributed by atoms with Gasteiger partial charge in [0, 0.05) is 6.54 Å². The van der Waals surface area contributed by atoms with Crippen molar-refractivity contribution in [1.82, 2.24) is 14.7 Å². The quantitative estimate of drug-likeness (QED) is 0.297. The van der Waals surface area contributed by atoms with Crippen LogP contribution in [0.3, 0.4) is 0 Å². The largest absolute Gasteiger partial charge is 0.493 e. The molecule has 1 aliphatic rings. The van der Waals surface area contributed by atoms with Crippen LogP contribution in [0.2, 0.25) is 0 Å². The van der Waals surface area contributed by atoms with Gasteiger partial charge in [0.15, 0.2) is 18.1 Å². The molecule has 0 bridgehead atoms. The van der Waals surface area contributed by atoms with E-state index in [4.69, 9.17) is 14.2 Å². The average Bonchev–Trinajstić information content (AvgIpc) is 3.27. The fourth-order valence-corrected chi connectivity index (χ4v) is 5.39. The van der Waals surface area contributed by atoms with Crippen LogP contribution < -0.4 is 9.47 Å². The van der Waals surface area contributed by atoms with Crippen LogP contribution in [0.25, 0.3) is 0 Å². The summed E-state index contributed by atoms with van der Waals surface area (Å²) in [7, 11) is 3.21. The van der Waals surface area contributed by atoms with Gasteiger partial charge in [0.1, 0.15) is 5.56 Å². The summed E-state index contributed by atoms with van der Waals surface area (Å²) in [5, 5.41) is 4.55. The molecule has 1 aliphatic heterocycles. The standard InChI is InChI=1S/C32H33N3O5/c1-21-30(22(2)35(33-21)19-23-11-7-5-8-12-23)32(37)40-20-29(36)34-16-15-25-17-27(38-3)28(39-4)18-26(25)31(34)24-13-9-6-10-14-24/h5-14,17-18,31H,15-16,19-20H2,1-4H3. The average molecular weight is 540 g/mol. The summed E-state index contributed by atoms with van der Waals surface area (Å²) < 4.78 is 18.5. The minimum Gasteiger partial charge on any atom is -0.493 e. The molecule has 0 spiro atoms. The van der Waals surface area contributed by atoms with E-state index in [0.717, 1.165) is 22.3 Å². The number of hydrogen-bond acceptors (Lipinski definition) is 6. The molecule has 4 aromatic rings. The number of methoxy groups -OCH3 is 2. The fourth-order valence-electron chi connectivity index (χ4n) is 5.39. The minimum absolute atomic E-state index is 0.269. The lowest BCUT2D eigenvalue weighted by molar-refractivity contribution is -0.136. The molecule has 0 saturated heterocycles. The van der Waals surface area contributed by atoms with Crippen LogP contribution in [0.4, 0.5) is 0 Å². The smallest absolute Gasteiger partial charge is 0.342 e. The van der Waals surface area contributed by atoms with Gasteiger partial charge >= 0.3 is 5.97 Å². The number of esters is 1. The number of rotatable bonds is 8. The molecule has 0 radical (unpaired) electrons. The number of aryl methyl sites for hydroxylation is 1. The zero-order chi connectivity index (χ0) is 28.2. The van der Waals surface area contributed by atoms with Gasteiger partial charge in [0.25, 0.3) is 5.91 Å². The highest BCUT2D eigenvalue weighted by Crippen LogP contribution is 2.41. The van der Waals surface area contributed by atoms with Gasteiger partial charge in [0.05, 0.1) is 38.2 Å². The maximum atomic E-state index is 13.6. The summed E-state index contributed by atoms with van der Waals surface area (Å²) in [5.41, 5.74) is 5.76. The third kappa shape index (κ3) is 5.30. The maximum absolute atomic E-state index is 13.6. The predicted octanol–water partition coefficient (Wildman–Crippen LogP) is 4.90. The van der Waals surface area contributed by atoms with E-state index < -0.39 is 5.97 Å². The van der Waals surface area contributed by atoms with Gasteiger partial charge in [-0.25, -0.2) is 4.79 Å². The molecule has 1 atom stereocenters. The molecule has 0 fully saturated rings. The lowest BCUT2D eigenvalue weighted by Crippen LogP contribution is -2.42. The van der Waals surface area contributed by atoms with E-state index in [1.54, 1.807) is 30.7 Å². The van der Waals surface area contributed by atoms with Crippen molar-refractivity contribution in [2.24, 2.45) is 0 Å². The van der Waals surface area contributed by atoms with Gasteiger partial charge < -0.3 is 19.1 Å². The van der Waals surface area contributed by atoms with E-state index in [1.807, 2.05) is 79.7 Å². The van der Waals surface area contributed by atoms with Crippen molar-refractivity contribution in [2.45, 2.75) is 32.9 Å². The molecule has 1 unspecified atom stereocenters. The summed E-state index contributed by atoms with van der Waals surface area (Å²) in [5.74, 6) is 0.430. The van der Waals surface area contributed by atoms with Gasteiger partial charge in [-0.1, -0.05) is 60.7 Å². The summed E-state index contributed by atoms with van der Waals surface area (Å²) in [6, 6.07) is 23.3. The molecule has 1 amide bonds. The zero-order valence-corrected chi connectivity index (χ0v) is 23.2. The van der Waals surface area contributed by atoms with E-state index >= 15 is 0 Å². The Balaban J connectivity index is 1.36. The van der Waals surface area contributed by atoms with Crippen molar-refractivity contribution in [3.63, 3.8) is 0 Å². The molecule has 1 aromatic heterocycles. The third-order valence-corrected chi connectivity index (χ3v) is 7.40. The van der Waals surface area contributed by atoms with Gasteiger partial charge in [-0.15, -0.1) is 0 Å². The maximum Gasteiger partial charge on any atom is 0.342 e. The summed E-state index contributed by atoms with van der Waals surface area (Å²) >= 11 is 0. The first kappa shape index (κ1) is 27.0. The number of carbonyl (C=O) groups excluding carboxylic acids is 2. The van der Waals surface area contributed by atoms with E-state index in [-0.39, 0.29) is 18.6 Å². The Kier molecular flexibility index (Phi) is 7.86. The molecule has 0 N–H and O–H groups in total. The van der Waals surface area contributed by atoms with Gasteiger partial charge in [-0.2, -0.15) is 5.10 Å². The van der Waals surface area contributed by atoms with Crippen LogP contribution in [0.15, 0.2) is 72.8 Å². The fraction of sp³-hybridized carbons (Fsp3) is 0.281. The first-order valence-electron chi connectivity index (χ1n) is 13.3. The van der Waals surface area contributed by atoms with Gasteiger partial charge in [-0.3, -0.25) is 9.48 Å². The molecule has 8 nitrogen and oxygen atoms in total. The van der Waals surface area contributed by atoms with E-state index in [0.29, 0.717) is 48.0 Å². The highest BCUT2D eigenvalue weighted by Gasteiger charge is 2.34. The Morgan fingerprint density at radius 2 is 1.57 bits per heavy atom. The van der Waals surface area contributed by atoms with Crippen LogP contribution in [0.1, 0.15) is 50.0 Å². The third-order valence-electron chi connectivity index (χ3n) is 7.40. The number of carbonyl (C=O) groups is 2. The molecule has 206 valence electrons. The zero-order valence-electron chi connectivity index (χ0n) is 23.2. The molecule has 3 aromatic carbocycles. The van der Waals surface area contributed by atoms with E-state index in [9.17, 15) is 9.59 Å². The lowest BCUT2D eigenvalue weighted by Gasteiger charge is -2.38. The summed E-state index contributed by atoms with van der Waals surface area (Å²) in [6.45, 7) is 4.27.